The van der Waals surface area contributed by atoms with Crippen molar-refractivity contribution >= 4 is 23.4 Å². The number of hydrogen-bond donors (Lipinski definition) is 2. The first-order valence-electron chi connectivity index (χ1n) is 7.02. The van der Waals surface area contributed by atoms with Crippen molar-refractivity contribution in [1.29, 1.82) is 0 Å². The van der Waals surface area contributed by atoms with Gasteiger partial charge >= 0.3 is 6.09 Å². The van der Waals surface area contributed by atoms with Gasteiger partial charge in [0.15, 0.2) is 0 Å². The molecule has 0 spiro atoms. The molecule has 0 atom stereocenters. The maximum Gasteiger partial charge on any atom is 0.414 e. The van der Waals surface area contributed by atoms with Crippen molar-refractivity contribution < 1.29 is 19.4 Å². The summed E-state index contributed by atoms with van der Waals surface area (Å²) in [5.41, 5.74) is 1.61. The zero-order valence-corrected chi connectivity index (χ0v) is 12.9. The van der Waals surface area contributed by atoms with Crippen LogP contribution >= 0.6 is 0 Å². The number of nitrogens with one attached hydrogen (secondary N) is 1. The molecule has 2 aromatic carbocycles. The number of phenols is 1. The number of phenolic OH excluding ortho intramolecular Hbond substituents is 1. The Morgan fingerprint density at radius 1 is 1.17 bits per heavy atom. The maximum atomic E-state index is 12.1. The van der Waals surface area contributed by atoms with Crippen LogP contribution in [0.5, 0.6) is 5.75 Å². The predicted molar refractivity (Wildman–Crippen MR) is 87.4 cm³/mol. The number of ether oxygens (including phenoxy) is 1. The Hall–Kier alpha value is -3.02. The van der Waals surface area contributed by atoms with Gasteiger partial charge in [0.05, 0.1) is 5.69 Å². The van der Waals surface area contributed by atoms with E-state index in [1.165, 1.54) is 31.0 Å². The van der Waals surface area contributed by atoms with Gasteiger partial charge in [-0.3, -0.25) is 9.69 Å². The monoisotopic (exact) mass is 314 g/mol. The highest BCUT2D eigenvalue weighted by atomic mass is 16.6. The summed E-state index contributed by atoms with van der Waals surface area (Å²) < 4.78 is 5.20. The Kier molecular flexibility index (Phi) is 5.19. The molecule has 0 aromatic heterocycles. The Bertz CT molecular complexity index is 701. The van der Waals surface area contributed by atoms with Crippen LogP contribution in [0.2, 0.25) is 0 Å². The van der Waals surface area contributed by atoms with Gasteiger partial charge < -0.3 is 15.2 Å². The SMILES string of the molecule is CC(=O)Nc1ccc(N(C)C(=O)OCc2ccccc2)c(O)c1. The van der Waals surface area contributed by atoms with Gasteiger partial charge in [-0.25, -0.2) is 4.79 Å². The van der Waals surface area contributed by atoms with E-state index >= 15 is 0 Å². The molecule has 0 saturated heterocycles. The molecule has 120 valence electrons. The Balaban J connectivity index is 2.02. The van der Waals surface area contributed by atoms with Crippen molar-refractivity contribution in [3.05, 3.63) is 54.1 Å². The van der Waals surface area contributed by atoms with Gasteiger partial charge in [-0.1, -0.05) is 30.3 Å². The summed E-state index contributed by atoms with van der Waals surface area (Å²) >= 11 is 0. The lowest BCUT2D eigenvalue weighted by atomic mass is 10.2. The molecular weight excluding hydrogens is 296 g/mol. The Morgan fingerprint density at radius 3 is 2.48 bits per heavy atom. The summed E-state index contributed by atoms with van der Waals surface area (Å²) in [5, 5.41) is 12.6. The third-order valence-electron chi connectivity index (χ3n) is 3.14. The van der Waals surface area contributed by atoms with Gasteiger partial charge in [-0.2, -0.15) is 0 Å². The number of anilines is 2. The molecule has 6 heteroatoms. The quantitative estimate of drug-likeness (QED) is 0.909. The highest BCUT2D eigenvalue weighted by Crippen LogP contribution is 2.30. The largest absolute Gasteiger partial charge is 0.506 e. The van der Waals surface area contributed by atoms with Crippen molar-refractivity contribution in [2.45, 2.75) is 13.5 Å². The number of hydrogen-bond acceptors (Lipinski definition) is 4. The summed E-state index contributed by atoms with van der Waals surface area (Å²) in [6.45, 7) is 1.52. The standard InChI is InChI=1S/C17H18N2O4/c1-12(20)18-14-8-9-15(16(21)10-14)19(2)17(22)23-11-13-6-4-3-5-7-13/h3-10,21H,11H2,1-2H3,(H,18,20). The zero-order valence-electron chi connectivity index (χ0n) is 12.9. The summed E-state index contributed by atoms with van der Waals surface area (Å²) in [6, 6.07) is 13.8. The molecule has 0 unspecified atom stereocenters. The lowest BCUT2D eigenvalue weighted by Crippen LogP contribution is -2.27. The molecule has 0 heterocycles. The first kappa shape index (κ1) is 16.4. The number of amides is 2. The molecule has 0 aliphatic carbocycles. The van der Waals surface area contributed by atoms with E-state index in [9.17, 15) is 14.7 Å². The number of nitrogens with zero attached hydrogens (tertiary/aromatic N) is 1. The average Bonchev–Trinajstić information content (AvgIpc) is 2.52. The molecular formula is C17H18N2O4. The van der Waals surface area contributed by atoms with Gasteiger partial charge in [0.2, 0.25) is 5.91 Å². The van der Waals surface area contributed by atoms with Gasteiger partial charge in [-0.05, 0) is 17.7 Å². The van der Waals surface area contributed by atoms with E-state index in [4.69, 9.17) is 4.74 Å². The molecule has 2 N–H and O–H groups in total. The van der Waals surface area contributed by atoms with E-state index in [-0.39, 0.29) is 24.0 Å². The fourth-order valence-electron chi connectivity index (χ4n) is 2.00. The van der Waals surface area contributed by atoms with Crippen LogP contribution < -0.4 is 10.2 Å². The van der Waals surface area contributed by atoms with Crippen LogP contribution in [-0.4, -0.2) is 24.2 Å². The van der Waals surface area contributed by atoms with Gasteiger partial charge in [0.1, 0.15) is 12.4 Å². The second-order valence-electron chi connectivity index (χ2n) is 4.98. The van der Waals surface area contributed by atoms with Crippen LogP contribution in [0.25, 0.3) is 0 Å². The van der Waals surface area contributed by atoms with E-state index < -0.39 is 6.09 Å². The molecule has 0 bridgehead atoms. The van der Waals surface area contributed by atoms with Crippen LogP contribution in [0.4, 0.5) is 16.2 Å². The third kappa shape index (κ3) is 4.47. The molecule has 23 heavy (non-hydrogen) atoms. The molecule has 2 amide bonds. The first-order chi connectivity index (χ1) is 11.0. The van der Waals surface area contributed by atoms with Crippen molar-refractivity contribution in [3.63, 3.8) is 0 Å². The molecule has 0 aliphatic rings. The fraction of sp³-hybridized carbons (Fsp3) is 0.176. The van der Waals surface area contributed by atoms with Gasteiger partial charge in [0, 0.05) is 25.7 Å². The van der Waals surface area contributed by atoms with Crippen LogP contribution in [0, 0.1) is 0 Å². The van der Waals surface area contributed by atoms with E-state index in [0.717, 1.165) is 5.56 Å². The minimum Gasteiger partial charge on any atom is -0.506 e. The molecule has 2 rings (SSSR count). The molecule has 6 nitrogen and oxygen atoms in total. The number of carbonyl (C=O) groups is 2. The van der Waals surface area contributed by atoms with Crippen molar-refractivity contribution in [2.75, 3.05) is 17.3 Å². The van der Waals surface area contributed by atoms with E-state index in [1.807, 2.05) is 30.3 Å². The second kappa shape index (κ2) is 7.31. The van der Waals surface area contributed by atoms with E-state index in [2.05, 4.69) is 5.32 Å². The fourth-order valence-corrected chi connectivity index (χ4v) is 2.00. The van der Waals surface area contributed by atoms with E-state index in [1.54, 1.807) is 6.07 Å². The number of rotatable bonds is 4. The smallest absolute Gasteiger partial charge is 0.414 e. The highest BCUT2D eigenvalue weighted by molar-refractivity contribution is 5.92. The Morgan fingerprint density at radius 2 is 1.87 bits per heavy atom. The molecule has 2 aromatic rings. The minimum atomic E-state index is -0.587. The maximum absolute atomic E-state index is 12.1. The second-order valence-corrected chi connectivity index (χ2v) is 4.98. The zero-order chi connectivity index (χ0) is 16.8. The minimum absolute atomic E-state index is 0.129. The topological polar surface area (TPSA) is 78.9 Å². The van der Waals surface area contributed by atoms with Gasteiger partial charge in [-0.15, -0.1) is 0 Å². The predicted octanol–water partition coefficient (Wildman–Crippen LogP) is 3.12. The molecule has 0 fully saturated rings. The number of benzene rings is 2. The normalized spacial score (nSPS) is 10.0. The lowest BCUT2D eigenvalue weighted by Gasteiger charge is -2.18. The first-order valence-corrected chi connectivity index (χ1v) is 7.02. The van der Waals surface area contributed by atoms with Crippen molar-refractivity contribution in [2.24, 2.45) is 0 Å². The van der Waals surface area contributed by atoms with E-state index in [0.29, 0.717) is 5.69 Å². The van der Waals surface area contributed by atoms with Crippen LogP contribution in [0.3, 0.4) is 0 Å². The summed E-state index contributed by atoms with van der Waals surface area (Å²) in [5.74, 6) is -0.372. The van der Waals surface area contributed by atoms with Crippen LogP contribution in [-0.2, 0) is 16.1 Å². The van der Waals surface area contributed by atoms with Crippen molar-refractivity contribution in [3.8, 4) is 5.75 Å². The lowest BCUT2D eigenvalue weighted by molar-refractivity contribution is -0.114. The summed E-state index contributed by atoms with van der Waals surface area (Å²) in [7, 11) is 1.50. The van der Waals surface area contributed by atoms with Crippen molar-refractivity contribution in [1.82, 2.24) is 0 Å². The van der Waals surface area contributed by atoms with Crippen LogP contribution in [0.15, 0.2) is 48.5 Å². The number of carbonyl (C=O) groups excluding carboxylic acids is 2. The molecule has 0 radical (unpaired) electrons. The highest BCUT2D eigenvalue weighted by Gasteiger charge is 2.16. The number of aromatic hydroxyl groups is 1. The average molecular weight is 314 g/mol. The van der Waals surface area contributed by atoms with Gasteiger partial charge in [0.25, 0.3) is 0 Å². The van der Waals surface area contributed by atoms with Crippen LogP contribution in [0.1, 0.15) is 12.5 Å². The molecule has 0 aliphatic heterocycles. The Labute approximate surface area is 134 Å². The molecule has 0 saturated carbocycles. The summed E-state index contributed by atoms with van der Waals surface area (Å²) in [4.78, 5) is 24.3. The third-order valence-corrected chi connectivity index (χ3v) is 3.14. The summed E-state index contributed by atoms with van der Waals surface area (Å²) in [6.07, 6.45) is -0.587.